The molecular weight excluding hydrogens is 252 g/mol. The molecule has 1 heterocycles. The summed E-state index contributed by atoms with van der Waals surface area (Å²) in [6, 6.07) is 14.2. The molecule has 1 saturated heterocycles. The molecule has 0 N–H and O–H groups in total. The Bertz CT molecular complexity index is 589. The summed E-state index contributed by atoms with van der Waals surface area (Å²) in [5.74, 6) is 1.60. The van der Waals surface area contributed by atoms with Crippen molar-refractivity contribution < 1.29 is 14.2 Å². The SMILES string of the molecule is COc1c(C)ccc(C2CO2)c1OCc1ccccc1. The summed E-state index contributed by atoms with van der Waals surface area (Å²) in [4.78, 5) is 0. The molecule has 1 aliphatic heterocycles. The lowest BCUT2D eigenvalue weighted by molar-refractivity contribution is 0.276. The maximum Gasteiger partial charge on any atom is 0.167 e. The van der Waals surface area contributed by atoms with Gasteiger partial charge in [0.2, 0.25) is 0 Å². The number of hydrogen-bond acceptors (Lipinski definition) is 3. The first kappa shape index (κ1) is 13.0. The second-order valence-corrected chi connectivity index (χ2v) is 4.93. The lowest BCUT2D eigenvalue weighted by atomic mass is 10.1. The van der Waals surface area contributed by atoms with Crippen LogP contribution in [0, 0.1) is 6.92 Å². The van der Waals surface area contributed by atoms with Crippen LogP contribution in [0.25, 0.3) is 0 Å². The van der Waals surface area contributed by atoms with Gasteiger partial charge >= 0.3 is 0 Å². The fourth-order valence-corrected chi connectivity index (χ4v) is 2.29. The molecule has 0 spiro atoms. The van der Waals surface area contributed by atoms with E-state index in [1.165, 1.54) is 0 Å². The number of aryl methyl sites for hydroxylation is 1. The van der Waals surface area contributed by atoms with Gasteiger partial charge in [-0.05, 0) is 18.1 Å². The number of methoxy groups -OCH3 is 1. The minimum atomic E-state index is 0.148. The average molecular weight is 270 g/mol. The van der Waals surface area contributed by atoms with Crippen molar-refractivity contribution in [1.82, 2.24) is 0 Å². The summed E-state index contributed by atoms with van der Waals surface area (Å²) >= 11 is 0. The normalized spacial score (nSPS) is 16.8. The van der Waals surface area contributed by atoms with Crippen molar-refractivity contribution in [3.05, 3.63) is 59.2 Å². The van der Waals surface area contributed by atoms with Gasteiger partial charge < -0.3 is 14.2 Å². The summed E-state index contributed by atoms with van der Waals surface area (Å²) in [7, 11) is 1.68. The Kier molecular flexibility index (Phi) is 3.61. The highest BCUT2D eigenvalue weighted by Gasteiger charge is 2.30. The van der Waals surface area contributed by atoms with E-state index < -0.39 is 0 Å². The first-order chi connectivity index (χ1) is 9.79. The minimum absolute atomic E-state index is 0.148. The number of benzene rings is 2. The third kappa shape index (κ3) is 2.63. The van der Waals surface area contributed by atoms with Crippen molar-refractivity contribution >= 4 is 0 Å². The van der Waals surface area contributed by atoms with Crippen molar-refractivity contribution in [2.75, 3.05) is 13.7 Å². The van der Waals surface area contributed by atoms with Crippen molar-refractivity contribution in [2.24, 2.45) is 0 Å². The molecule has 3 nitrogen and oxygen atoms in total. The van der Waals surface area contributed by atoms with Crippen molar-refractivity contribution in [2.45, 2.75) is 19.6 Å². The fraction of sp³-hybridized carbons (Fsp3) is 0.294. The summed E-state index contributed by atoms with van der Waals surface area (Å²) in [5.41, 5.74) is 3.28. The van der Waals surface area contributed by atoms with Crippen LogP contribution in [0.2, 0.25) is 0 Å². The maximum atomic E-state index is 6.02. The van der Waals surface area contributed by atoms with Crippen LogP contribution in [0.1, 0.15) is 22.8 Å². The topological polar surface area (TPSA) is 31.0 Å². The van der Waals surface area contributed by atoms with Crippen LogP contribution in [0.4, 0.5) is 0 Å². The molecule has 0 bridgehead atoms. The van der Waals surface area contributed by atoms with Gasteiger partial charge in [-0.3, -0.25) is 0 Å². The molecule has 0 radical (unpaired) electrons. The van der Waals surface area contributed by atoms with Gasteiger partial charge in [0.15, 0.2) is 11.5 Å². The quantitative estimate of drug-likeness (QED) is 0.777. The molecule has 3 heteroatoms. The smallest absolute Gasteiger partial charge is 0.167 e. The zero-order valence-corrected chi connectivity index (χ0v) is 11.8. The van der Waals surface area contributed by atoms with Gasteiger partial charge in [0.1, 0.15) is 12.7 Å². The molecule has 2 aromatic rings. The van der Waals surface area contributed by atoms with Crippen LogP contribution in [0.3, 0.4) is 0 Å². The molecule has 20 heavy (non-hydrogen) atoms. The third-order valence-electron chi connectivity index (χ3n) is 3.45. The molecule has 1 unspecified atom stereocenters. The van der Waals surface area contributed by atoms with E-state index in [9.17, 15) is 0 Å². The molecule has 1 atom stereocenters. The molecule has 2 aromatic carbocycles. The average Bonchev–Trinajstić information content (AvgIpc) is 3.31. The molecule has 1 fully saturated rings. The lowest BCUT2D eigenvalue weighted by Crippen LogP contribution is -2.02. The fourth-order valence-electron chi connectivity index (χ4n) is 2.29. The van der Waals surface area contributed by atoms with E-state index in [-0.39, 0.29) is 6.10 Å². The molecule has 0 saturated carbocycles. The first-order valence-electron chi connectivity index (χ1n) is 6.75. The Morgan fingerprint density at radius 2 is 1.85 bits per heavy atom. The Morgan fingerprint density at radius 1 is 1.10 bits per heavy atom. The van der Waals surface area contributed by atoms with Crippen molar-refractivity contribution in [1.29, 1.82) is 0 Å². The molecule has 1 aliphatic rings. The monoisotopic (exact) mass is 270 g/mol. The summed E-state index contributed by atoms with van der Waals surface area (Å²) in [6.45, 7) is 3.31. The summed E-state index contributed by atoms with van der Waals surface area (Å²) in [6.07, 6.45) is 0.148. The van der Waals surface area contributed by atoms with Crippen LogP contribution < -0.4 is 9.47 Å². The number of epoxide rings is 1. The van der Waals surface area contributed by atoms with Gasteiger partial charge in [-0.25, -0.2) is 0 Å². The Morgan fingerprint density at radius 3 is 2.50 bits per heavy atom. The predicted octanol–water partition coefficient (Wildman–Crippen LogP) is 3.65. The lowest BCUT2D eigenvalue weighted by Gasteiger charge is -2.16. The van der Waals surface area contributed by atoms with E-state index in [1.54, 1.807) is 7.11 Å². The Hall–Kier alpha value is -2.00. The van der Waals surface area contributed by atoms with Crippen LogP contribution in [-0.4, -0.2) is 13.7 Å². The van der Waals surface area contributed by atoms with Crippen LogP contribution in [0.15, 0.2) is 42.5 Å². The Balaban J connectivity index is 1.88. The van der Waals surface area contributed by atoms with E-state index in [1.807, 2.05) is 31.2 Å². The predicted molar refractivity (Wildman–Crippen MR) is 77.2 cm³/mol. The van der Waals surface area contributed by atoms with E-state index in [0.29, 0.717) is 6.61 Å². The second-order valence-electron chi connectivity index (χ2n) is 4.93. The van der Waals surface area contributed by atoms with Crippen molar-refractivity contribution in [3.8, 4) is 11.5 Å². The Labute approximate surface area is 119 Å². The minimum Gasteiger partial charge on any atom is -0.493 e. The van der Waals surface area contributed by atoms with Gasteiger partial charge in [0.25, 0.3) is 0 Å². The number of rotatable bonds is 5. The molecular formula is C17H18O3. The van der Waals surface area contributed by atoms with Crippen molar-refractivity contribution in [3.63, 3.8) is 0 Å². The van der Waals surface area contributed by atoms with Gasteiger partial charge in [0.05, 0.1) is 13.7 Å². The van der Waals surface area contributed by atoms with Gasteiger partial charge in [-0.15, -0.1) is 0 Å². The van der Waals surface area contributed by atoms with Gasteiger partial charge in [0, 0.05) is 5.56 Å². The third-order valence-corrected chi connectivity index (χ3v) is 3.45. The van der Waals surface area contributed by atoms with E-state index in [4.69, 9.17) is 14.2 Å². The van der Waals surface area contributed by atoms with E-state index in [0.717, 1.165) is 34.8 Å². The second kappa shape index (κ2) is 5.55. The number of hydrogen-bond donors (Lipinski definition) is 0. The molecule has 104 valence electrons. The highest BCUT2D eigenvalue weighted by molar-refractivity contribution is 5.53. The van der Waals surface area contributed by atoms with E-state index >= 15 is 0 Å². The molecule has 0 aromatic heterocycles. The zero-order valence-electron chi connectivity index (χ0n) is 11.8. The highest BCUT2D eigenvalue weighted by Crippen LogP contribution is 2.43. The molecule has 3 rings (SSSR count). The van der Waals surface area contributed by atoms with Crippen LogP contribution >= 0.6 is 0 Å². The molecule has 0 aliphatic carbocycles. The first-order valence-corrected chi connectivity index (χ1v) is 6.75. The number of ether oxygens (including phenoxy) is 3. The van der Waals surface area contributed by atoms with Crippen LogP contribution in [0.5, 0.6) is 11.5 Å². The van der Waals surface area contributed by atoms with Gasteiger partial charge in [-0.2, -0.15) is 0 Å². The zero-order chi connectivity index (χ0) is 13.9. The van der Waals surface area contributed by atoms with Crippen LogP contribution in [-0.2, 0) is 11.3 Å². The maximum absolute atomic E-state index is 6.02. The molecule has 0 amide bonds. The van der Waals surface area contributed by atoms with Gasteiger partial charge in [-0.1, -0.05) is 42.5 Å². The standard InChI is InChI=1S/C17H18O3/c1-12-8-9-14(15-11-19-15)17(16(12)18-2)20-10-13-6-4-3-5-7-13/h3-9,15H,10-11H2,1-2H3. The largest absolute Gasteiger partial charge is 0.493 e. The highest BCUT2D eigenvalue weighted by atomic mass is 16.6. The summed E-state index contributed by atoms with van der Waals surface area (Å²) in [5, 5.41) is 0. The summed E-state index contributed by atoms with van der Waals surface area (Å²) < 4.78 is 16.9. The van der Waals surface area contributed by atoms with E-state index in [2.05, 4.69) is 18.2 Å².